The summed E-state index contributed by atoms with van der Waals surface area (Å²) in [4.78, 5) is 23.3. The van der Waals surface area contributed by atoms with E-state index >= 15 is 0 Å². The van der Waals surface area contributed by atoms with E-state index in [-0.39, 0.29) is 24.6 Å². The first-order valence-corrected chi connectivity index (χ1v) is 5.56. The van der Waals surface area contributed by atoms with E-state index in [9.17, 15) is 9.59 Å². The first-order valence-electron chi connectivity index (χ1n) is 5.56. The fourth-order valence-corrected chi connectivity index (χ4v) is 1.45. The summed E-state index contributed by atoms with van der Waals surface area (Å²) in [5, 5.41) is 2.63. The summed E-state index contributed by atoms with van der Waals surface area (Å²) in [6, 6.07) is 3.44. The second kappa shape index (κ2) is 6.93. The van der Waals surface area contributed by atoms with E-state index in [1.165, 1.54) is 18.8 Å². The van der Waals surface area contributed by atoms with Crippen LogP contribution >= 0.6 is 0 Å². The van der Waals surface area contributed by atoms with Crippen LogP contribution in [0.15, 0.2) is 23.1 Å². The summed E-state index contributed by atoms with van der Waals surface area (Å²) < 4.78 is 11.2. The Morgan fingerprint density at radius 1 is 1.44 bits per heavy atom. The van der Waals surface area contributed by atoms with Gasteiger partial charge in [0.05, 0.1) is 6.54 Å². The molecule has 0 aromatic carbocycles. The summed E-state index contributed by atoms with van der Waals surface area (Å²) in [6.45, 7) is 1.94. The third kappa shape index (κ3) is 3.97. The minimum Gasteiger partial charge on any atom is -0.354 e. The maximum Gasteiger partial charge on any atom is 0.253 e. The van der Waals surface area contributed by atoms with Crippen molar-refractivity contribution in [3.05, 3.63) is 34.2 Å². The molecule has 6 nitrogen and oxygen atoms in total. The summed E-state index contributed by atoms with van der Waals surface area (Å²) in [5.41, 5.74) is 0.444. The molecule has 0 radical (unpaired) electrons. The largest absolute Gasteiger partial charge is 0.354 e. The highest BCUT2D eigenvalue weighted by molar-refractivity contribution is 5.75. The monoisotopic (exact) mass is 254 g/mol. The molecule has 0 atom stereocenters. The Morgan fingerprint density at radius 2 is 2.11 bits per heavy atom. The predicted molar refractivity (Wildman–Crippen MR) is 66.3 cm³/mol. The molecule has 0 saturated carbocycles. The normalized spacial score (nSPS) is 10.7. The third-order valence-electron chi connectivity index (χ3n) is 2.52. The Balaban J connectivity index is 2.55. The second-order valence-electron chi connectivity index (χ2n) is 3.83. The molecule has 0 fully saturated rings. The Bertz CT molecular complexity index is 452. The highest BCUT2D eigenvalue weighted by atomic mass is 16.7. The average molecular weight is 254 g/mol. The van der Waals surface area contributed by atoms with Gasteiger partial charge >= 0.3 is 0 Å². The zero-order valence-corrected chi connectivity index (χ0v) is 10.8. The highest BCUT2D eigenvalue weighted by Crippen LogP contribution is 1.91. The van der Waals surface area contributed by atoms with Crippen molar-refractivity contribution in [2.24, 2.45) is 0 Å². The van der Waals surface area contributed by atoms with Gasteiger partial charge in [0.1, 0.15) is 6.54 Å². The number of aromatic nitrogens is 1. The molecular formula is C12H18N2O4. The summed E-state index contributed by atoms with van der Waals surface area (Å²) in [7, 11) is 2.98. The molecule has 0 aliphatic heterocycles. The lowest BCUT2D eigenvalue weighted by Crippen LogP contribution is -2.38. The van der Waals surface area contributed by atoms with E-state index in [0.717, 1.165) is 0 Å². The molecule has 0 spiro atoms. The molecule has 1 rings (SSSR count). The Kier molecular flexibility index (Phi) is 5.54. The summed E-state index contributed by atoms with van der Waals surface area (Å²) in [5.74, 6) is -0.262. The number of ether oxygens (including phenoxy) is 2. The van der Waals surface area contributed by atoms with Crippen LogP contribution < -0.4 is 10.9 Å². The average Bonchev–Trinajstić information content (AvgIpc) is 2.36. The first kappa shape index (κ1) is 14.4. The number of pyridine rings is 1. The molecule has 0 aliphatic rings. The number of amides is 1. The van der Waals surface area contributed by atoms with Gasteiger partial charge in [-0.25, -0.2) is 0 Å². The minimum atomic E-state index is -0.483. The van der Waals surface area contributed by atoms with Gasteiger partial charge < -0.3 is 19.4 Å². The lowest BCUT2D eigenvalue weighted by molar-refractivity contribution is -0.128. The molecule has 0 bridgehead atoms. The number of methoxy groups -OCH3 is 2. The topological polar surface area (TPSA) is 69.6 Å². The van der Waals surface area contributed by atoms with Gasteiger partial charge in [0, 0.05) is 26.0 Å². The van der Waals surface area contributed by atoms with E-state index in [1.807, 2.05) is 0 Å². The predicted octanol–water partition coefficient (Wildman–Crippen LogP) is -0.108. The lowest BCUT2D eigenvalue weighted by Gasteiger charge is -2.14. The molecule has 0 aliphatic carbocycles. The molecule has 0 unspecified atom stereocenters. The quantitative estimate of drug-likeness (QED) is 0.719. The van der Waals surface area contributed by atoms with Crippen molar-refractivity contribution < 1.29 is 14.3 Å². The second-order valence-corrected chi connectivity index (χ2v) is 3.83. The molecule has 1 aromatic rings. The van der Waals surface area contributed by atoms with Crippen LogP contribution in [-0.4, -0.2) is 37.5 Å². The molecule has 1 N–H and O–H groups in total. The molecule has 1 amide bonds. The van der Waals surface area contributed by atoms with Crippen molar-refractivity contribution >= 4 is 5.91 Å². The lowest BCUT2D eigenvalue weighted by atomic mass is 10.3. The molecule has 18 heavy (non-hydrogen) atoms. The fourth-order valence-electron chi connectivity index (χ4n) is 1.45. The Morgan fingerprint density at radius 3 is 2.72 bits per heavy atom. The Labute approximate surface area is 106 Å². The zero-order valence-electron chi connectivity index (χ0n) is 10.8. The van der Waals surface area contributed by atoms with Gasteiger partial charge in [-0.2, -0.15) is 0 Å². The standard InChI is InChI=1S/C12H18N2O4/c1-9-5-4-6-14(12(9)16)8-10(15)13-7-11(17-2)18-3/h4-6,11H,7-8H2,1-3H3,(H,13,15). The van der Waals surface area contributed by atoms with Gasteiger partial charge in [-0.15, -0.1) is 0 Å². The van der Waals surface area contributed by atoms with Gasteiger partial charge in [0.25, 0.3) is 5.56 Å². The molecule has 100 valence electrons. The van der Waals surface area contributed by atoms with E-state index in [1.54, 1.807) is 25.3 Å². The van der Waals surface area contributed by atoms with Crippen LogP contribution in [0.5, 0.6) is 0 Å². The van der Waals surface area contributed by atoms with E-state index in [2.05, 4.69) is 5.32 Å². The number of carbonyl (C=O) groups excluding carboxylic acids is 1. The van der Waals surface area contributed by atoms with Crippen molar-refractivity contribution in [1.29, 1.82) is 0 Å². The van der Waals surface area contributed by atoms with Crippen LogP contribution in [0.25, 0.3) is 0 Å². The zero-order chi connectivity index (χ0) is 13.5. The van der Waals surface area contributed by atoms with Gasteiger partial charge in [0.2, 0.25) is 5.91 Å². The van der Waals surface area contributed by atoms with Crippen molar-refractivity contribution in [1.82, 2.24) is 9.88 Å². The van der Waals surface area contributed by atoms with E-state index in [4.69, 9.17) is 9.47 Å². The van der Waals surface area contributed by atoms with Crippen molar-refractivity contribution in [2.75, 3.05) is 20.8 Å². The summed E-state index contributed by atoms with van der Waals surface area (Å²) >= 11 is 0. The van der Waals surface area contributed by atoms with Gasteiger partial charge in [-0.3, -0.25) is 9.59 Å². The maximum atomic E-state index is 11.7. The van der Waals surface area contributed by atoms with Crippen molar-refractivity contribution in [3.8, 4) is 0 Å². The smallest absolute Gasteiger partial charge is 0.253 e. The number of rotatable bonds is 6. The van der Waals surface area contributed by atoms with Crippen LogP contribution in [0.3, 0.4) is 0 Å². The molecular weight excluding hydrogens is 236 g/mol. The minimum absolute atomic E-state index is 0.0132. The fraction of sp³-hybridized carbons (Fsp3) is 0.500. The van der Waals surface area contributed by atoms with Gasteiger partial charge in [-0.05, 0) is 13.0 Å². The number of nitrogens with one attached hydrogen (secondary N) is 1. The first-order chi connectivity index (χ1) is 8.58. The third-order valence-corrected chi connectivity index (χ3v) is 2.52. The number of carbonyl (C=O) groups is 1. The molecule has 1 aromatic heterocycles. The summed E-state index contributed by atoms with van der Waals surface area (Å²) in [6.07, 6.45) is 1.10. The van der Waals surface area contributed by atoms with Crippen LogP contribution in [0, 0.1) is 6.92 Å². The number of hydrogen-bond acceptors (Lipinski definition) is 4. The maximum absolute atomic E-state index is 11.7. The molecule has 6 heteroatoms. The van der Waals surface area contributed by atoms with E-state index in [0.29, 0.717) is 5.56 Å². The highest BCUT2D eigenvalue weighted by Gasteiger charge is 2.09. The SMILES string of the molecule is COC(CNC(=O)Cn1cccc(C)c1=O)OC. The Hall–Kier alpha value is -1.66. The van der Waals surface area contributed by atoms with Crippen LogP contribution in [0.2, 0.25) is 0 Å². The van der Waals surface area contributed by atoms with Crippen molar-refractivity contribution in [2.45, 2.75) is 19.8 Å². The molecule has 0 saturated heterocycles. The van der Waals surface area contributed by atoms with Gasteiger partial charge in [-0.1, -0.05) is 6.07 Å². The van der Waals surface area contributed by atoms with E-state index < -0.39 is 6.29 Å². The number of nitrogens with zero attached hydrogens (tertiary/aromatic N) is 1. The van der Waals surface area contributed by atoms with Crippen LogP contribution in [0.4, 0.5) is 0 Å². The van der Waals surface area contributed by atoms with Gasteiger partial charge in [0.15, 0.2) is 6.29 Å². The van der Waals surface area contributed by atoms with Crippen LogP contribution in [-0.2, 0) is 20.8 Å². The number of aryl methyl sites for hydroxylation is 1. The van der Waals surface area contributed by atoms with Crippen molar-refractivity contribution in [3.63, 3.8) is 0 Å². The number of hydrogen-bond donors (Lipinski definition) is 1. The molecule has 1 heterocycles. The van der Waals surface area contributed by atoms with Crippen LogP contribution in [0.1, 0.15) is 5.56 Å².